The molecule has 0 amide bonds. The van der Waals surface area contributed by atoms with Gasteiger partial charge in [-0.1, -0.05) is 63.2 Å². The van der Waals surface area contributed by atoms with Crippen LogP contribution in [-0.2, 0) is 5.41 Å². The topological polar surface area (TPSA) is 52.0 Å². The van der Waals surface area contributed by atoms with Gasteiger partial charge in [-0.3, -0.25) is 0 Å². The Morgan fingerprint density at radius 3 is 1.67 bits per heavy atom. The van der Waals surface area contributed by atoms with E-state index in [4.69, 9.17) is 11.5 Å². The summed E-state index contributed by atoms with van der Waals surface area (Å²) in [5.41, 5.74) is 19.5. The van der Waals surface area contributed by atoms with Crippen molar-refractivity contribution in [3.63, 3.8) is 0 Å². The molecule has 0 atom stereocenters. The minimum atomic E-state index is 0.147. The lowest BCUT2D eigenvalue weighted by atomic mass is 9.85. The fourth-order valence-corrected chi connectivity index (χ4v) is 2.86. The van der Waals surface area contributed by atoms with Crippen LogP contribution >= 0.6 is 0 Å². The molecule has 0 heterocycles. The van der Waals surface area contributed by atoms with Gasteiger partial charge in [-0.05, 0) is 57.5 Å². The van der Waals surface area contributed by atoms with Crippen molar-refractivity contribution in [3.05, 3.63) is 72.3 Å². The molecule has 0 aliphatic carbocycles. The van der Waals surface area contributed by atoms with Gasteiger partial charge >= 0.3 is 0 Å². The number of hydrogen-bond acceptors (Lipinski definition) is 2. The van der Waals surface area contributed by atoms with E-state index in [0.717, 1.165) is 28.1 Å². The van der Waals surface area contributed by atoms with Crippen LogP contribution in [0, 0.1) is 0 Å². The molecule has 24 heavy (non-hydrogen) atoms. The third-order valence-corrected chi connectivity index (χ3v) is 4.33. The number of hydrogen-bond donors (Lipinski definition) is 2. The fourth-order valence-electron chi connectivity index (χ4n) is 2.86. The van der Waals surface area contributed by atoms with Crippen molar-refractivity contribution in [2.75, 3.05) is 11.5 Å². The predicted octanol–water partition coefficient (Wildman–Crippen LogP) is 5.48. The minimum absolute atomic E-state index is 0.147. The minimum Gasteiger partial charge on any atom is -0.399 e. The van der Waals surface area contributed by atoms with Crippen LogP contribution in [0.15, 0.2) is 66.7 Å². The Balaban J connectivity index is 2.10. The molecule has 0 bridgehead atoms. The van der Waals surface area contributed by atoms with Crippen LogP contribution in [0.2, 0.25) is 0 Å². The van der Waals surface area contributed by atoms with Crippen LogP contribution in [0.25, 0.3) is 22.3 Å². The average molecular weight is 316 g/mol. The molecule has 2 nitrogen and oxygen atoms in total. The Morgan fingerprint density at radius 1 is 0.583 bits per heavy atom. The van der Waals surface area contributed by atoms with Gasteiger partial charge in [0.1, 0.15) is 0 Å². The maximum absolute atomic E-state index is 6.05. The smallest absolute Gasteiger partial charge is 0.0320 e. The van der Waals surface area contributed by atoms with Gasteiger partial charge in [0.25, 0.3) is 0 Å². The Labute approximate surface area is 144 Å². The summed E-state index contributed by atoms with van der Waals surface area (Å²) in [7, 11) is 0. The lowest BCUT2D eigenvalue weighted by Crippen LogP contribution is -2.10. The first-order chi connectivity index (χ1) is 11.3. The molecule has 0 unspecified atom stereocenters. The second-order valence-corrected chi connectivity index (χ2v) is 7.25. The van der Waals surface area contributed by atoms with Gasteiger partial charge < -0.3 is 11.5 Å². The third kappa shape index (κ3) is 3.28. The van der Waals surface area contributed by atoms with Gasteiger partial charge in [0.15, 0.2) is 0 Å². The summed E-state index contributed by atoms with van der Waals surface area (Å²) in [5.74, 6) is 0. The third-order valence-electron chi connectivity index (χ3n) is 4.33. The van der Waals surface area contributed by atoms with E-state index >= 15 is 0 Å². The number of anilines is 2. The van der Waals surface area contributed by atoms with Crippen molar-refractivity contribution in [1.29, 1.82) is 0 Å². The second-order valence-electron chi connectivity index (χ2n) is 7.25. The molecule has 0 spiro atoms. The highest BCUT2D eigenvalue weighted by atomic mass is 14.5. The standard InChI is InChI=1S/C22H24N2/c1-22(2,3)17-8-4-16(5-9-17)21-14-19(24)12-13-20(21)15-6-10-18(23)11-7-15/h4-14H,23-24H2,1-3H3. The van der Waals surface area contributed by atoms with Crippen LogP contribution in [0.1, 0.15) is 26.3 Å². The number of nitrogen functional groups attached to an aromatic ring is 2. The second kappa shape index (κ2) is 6.04. The predicted molar refractivity (Wildman–Crippen MR) is 105 cm³/mol. The molecule has 4 N–H and O–H groups in total. The summed E-state index contributed by atoms with van der Waals surface area (Å²) in [6.45, 7) is 6.67. The Hall–Kier alpha value is -2.74. The quantitative estimate of drug-likeness (QED) is 0.615. The van der Waals surface area contributed by atoms with Crippen LogP contribution in [0.4, 0.5) is 11.4 Å². The van der Waals surface area contributed by atoms with Gasteiger partial charge in [0, 0.05) is 11.4 Å². The Kier molecular flexibility index (Phi) is 4.06. The number of rotatable bonds is 2. The molecular formula is C22H24N2. The summed E-state index contributed by atoms with van der Waals surface area (Å²) in [6, 6.07) is 22.8. The number of benzene rings is 3. The van der Waals surface area contributed by atoms with Crippen LogP contribution in [0.3, 0.4) is 0 Å². The molecule has 2 heteroatoms. The summed E-state index contributed by atoms with van der Waals surface area (Å²) >= 11 is 0. The first kappa shape index (κ1) is 16.1. The maximum Gasteiger partial charge on any atom is 0.0320 e. The number of nitrogens with two attached hydrogens (primary N) is 2. The highest BCUT2D eigenvalue weighted by Crippen LogP contribution is 2.35. The molecule has 0 saturated heterocycles. The van der Waals surface area contributed by atoms with Crippen LogP contribution < -0.4 is 11.5 Å². The van der Waals surface area contributed by atoms with E-state index in [-0.39, 0.29) is 5.41 Å². The maximum atomic E-state index is 6.05. The van der Waals surface area contributed by atoms with E-state index in [1.165, 1.54) is 11.1 Å². The molecule has 3 aromatic carbocycles. The SMILES string of the molecule is CC(C)(C)c1ccc(-c2cc(N)ccc2-c2ccc(N)cc2)cc1. The van der Waals surface area contributed by atoms with Crippen molar-refractivity contribution >= 4 is 11.4 Å². The van der Waals surface area contributed by atoms with E-state index in [2.05, 4.69) is 51.1 Å². The van der Waals surface area contributed by atoms with Crippen molar-refractivity contribution in [2.45, 2.75) is 26.2 Å². The van der Waals surface area contributed by atoms with Gasteiger partial charge in [0.2, 0.25) is 0 Å². The van der Waals surface area contributed by atoms with Crippen LogP contribution in [-0.4, -0.2) is 0 Å². The van der Waals surface area contributed by atoms with E-state index in [1.807, 2.05) is 36.4 Å². The highest BCUT2D eigenvalue weighted by molar-refractivity contribution is 5.85. The first-order valence-corrected chi connectivity index (χ1v) is 8.21. The highest BCUT2D eigenvalue weighted by Gasteiger charge is 2.14. The molecule has 0 aromatic heterocycles. The van der Waals surface area contributed by atoms with Gasteiger partial charge in [0.05, 0.1) is 0 Å². The van der Waals surface area contributed by atoms with Gasteiger partial charge in [-0.25, -0.2) is 0 Å². The van der Waals surface area contributed by atoms with Gasteiger partial charge in [-0.2, -0.15) is 0 Å². The molecule has 0 fully saturated rings. The van der Waals surface area contributed by atoms with E-state index < -0.39 is 0 Å². The summed E-state index contributed by atoms with van der Waals surface area (Å²) < 4.78 is 0. The Bertz CT molecular complexity index is 839. The monoisotopic (exact) mass is 316 g/mol. The molecule has 3 rings (SSSR count). The molecular weight excluding hydrogens is 292 g/mol. The van der Waals surface area contributed by atoms with Crippen molar-refractivity contribution in [3.8, 4) is 22.3 Å². The molecule has 122 valence electrons. The van der Waals surface area contributed by atoms with Gasteiger partial charge in [-0.15, -0.1) is 0 Å². The van der Waals surface area contributed by atoms with E-state index in [1.54, 1.807) is 0 Å². The molecule has 0 radical (unpaired) electrons. The molecule has 0 aliphatic heterocycles. The first-order valence-electron chi connectivity index (χ1n) is 8.21. The molecule has 0 aliphatic rings. The summed E-state index contributed by atoms with van der Waals surface area (Å²) in [4.78, 5) is 0. The van der Waals surface area contributed by atoms with Crippen molar-refractivity contribution < 1.29 is 0 Å². The zero-order chi connectivity index (χ0) is 17.3. The average Bonchev–Trinajstić information content (AvgIpc) is 2.55. The Morgan fingerprint density at radius 2 is 1.08 bits per heavy atom. The van der Waals surface area contributed by atoms with E-state index in [0.29, 0.717) is 0 Å². The van der Waals surface area contributed by atoms with E-state index in [9.17, 15) is 0 Å². The van der Waals surface area contributed by atoms with Crippen molar-refractivity contribution in [1.82, 2.24) is 0 Å². The lowest BCUT2D eigenvalue weighted by Gasteiger charge is -2.19. The fraction of sp³-hybridized carbons (Fsp3) is 0.182. The normalized spacial score (nSPS) is 11.5. The summed E-state index contributed by atoms with van der Waals surface area (Å²) in [6.07, 6.45) is 0. The molecule has 0 saturated carbocycles. The zero-order valence-electron chi connectivity index (χ0n) is 14.5. The molecule has 3 aromatic rings. The lowest BCUT2D eigenvalue weighted by molar-refractivity contribution is 0.590. The largest absolute Gasteiger partial charge is 0.399 e. The summed E-state index contributed by atoms with van der Waals surface area (Å²) in [5, 5.41) is 0. The van der Waals surface area contributed by atoms with Crippen molar-refractivity contribution in [2.24, 2.45) is 0 Å². The zero-order valence-corrected chi connectivity index (χ0v) is 14.5. The van der Waals surface area contributed by atoms with Crippen LogP contribution in [0.5, 0.6) is 0 Å².